The molecule has 0 saturated carbocycles. The first-order chi connectivity index (χ1) is 16.2. The van der Waals surface area contributed by atoms with E-state index in [1.165, 1.54) is 57.8 Å². The fraction of sp³-hybridized carbons (Fsp3) is 0.821. The summed E-state index contributed by atoms with van der Waals surface area (Å²) in [6.07, 6.45) is 20.7. The highest BCUT2D eigenvalue weighted by Gasteiger charge is 2.29. The summed E-state index contributed by atoms with van der Waals surface area (Å²) in [6.45, 7) is 9.43. The van der Waals surface area contributed by atoms with Crippen LogP contribution in [0, 0.1) is 11.8 Å². The molecule has 34 heavy (non-hydrogen) atoms. The number of carbonyl (C=O) groups excluding carboxylic acids is 2. The van der Waals surface area contributed by atoms with Gasteiger partial charge >= 0.3 is 5.97 Å². The number of amides is 2. The van der Waals surface area contributed by atoms with Crippen LogP contribution in [0.3, 0.4) is 0 Å². The van der Waals surface area contributed by atoms with Crippen molar-refractivity contribution in [1.29, 1.82) is 0 Å². The second-order valence-corrected chi connectivity index (χ2v) is 10.2. The van der Waals surface area contributed by atoms with E-state index in [9.17, 15) is 19.5 Å². The molecule has 0 aromatic heterocycles. The van der Waals surface area contributed by atoms with Gasteiger partial charge < -0.3 is 15.7 Å². The Kier molecular flexibility index (Phi) is 19.4. The van der Waals surface area contributed by atoms with Crippen LogP contribution in [0.5, 0.6) is 0 Å². The zero-order valence-corrected chi connectivity index (χ0v) is 22.5. The maximum absolute atomic E-state index is 12.6. The Labute approximate surface area is 208 Å². The Bertz CT molecular complexity index is 587. The minimum atomic E-state index is -1.06. The van der Waals surface area contributed by atoms with Gasteiger partial charge in [-0.25, -0.2) is 4.79 Å². The first kappa shape index (κ1) is 32.1. The summed E-state index contributed by atoms with van der Waals surface area (Å²) < 4.78 is 0. The van der Waals surface area contributed by atoms with Gasteiger partial charge in [-0.15, -0.1) is 0 Å². The van der Waals surface area contributed by atoms with Crippen LogP contribution in [-0.2, 0) is 14.4 Å². The van der Waals surface area contributed by atoms with Crippen molar-refractivity contribution in [2.75, 3.05) is 0 Å². The molecule has 0 saturated heterocycles. The number of carboxylic acids is 1. The van der Waals surface area contributed by atoms with E-state index in [0.29, 0.717) is 6.42 Å². The molecule has 0 fully saturated rings. The Morgan fingerprint density at radius 1 is 0.676 bits per heavy atom. The fourth-order valence-corrected chi connectivity index (χ4v) is 3.89. The van der Waals surface area contributed by atoms with E-state index in [0.717, 1.165) is 25.7 Å². The summed E-state index contributed by atoms with van der Waals surface area (Å²) in [7, 11) is 0. The van der Waals surface area contributed by atoms with Crippen LogP contribution >= 0.6 is 0 Å². The van der Waals surface area contributed by atoms with Crippen LogP contribution < -0.4 is 10.6 Å². The van der Waals surface area contributed by atoms with E-state index in [4.69, 9.17) is 0 Å². The van der Waals surface area contributed by atoms with Crippen LogP contribution in [0.25, 0.3) is 0 Å². The minimum absolute atomic E-state index is 0.125. The number of carbonyl (C=O) groups is 3. The molecule has 2 amide bonds. The number of allylic oxidation sites excluding steroid dienone is 2. The Morgan fingerprint density at radius 2 is 1.15 bits per heavy atom. The zero-order valence-electron chi connectivity index (χ0n) is 22.5. The van der Waals surface area contributed by atoms with Gasteiger partial charge in [-0.05, 0) is 43.9 Å². The molecule has 0 unspecified atom stereocenters. The molecule has 0 aliphatic carbocycles. The SMILES string of the molecule is CCCCCCCCC=CCCCCCCCC(=O)N[C@H](C(=O)N[C@H](C(=O)O)C(C)C)C(C)C. The Morgan fingerprint density at radius 3 is 1.62 bits per heavy atom. The van der Waals surface area contributed by atoms with Crippen molar-refractivity contribution in [2.24, 2.45) is 11.8 Å². The van der Waals surface area contributed by atoms with Gasteiger partial charge in [0.1, 0.15) is 12.1 Å². The number of nitrogens with one attached hydrogen (secondary N) is 2. The second-order valence-electron chi connectivity index (χ2n) is 10.2. The molecule has 6 heteroatoms. The lowest BCUT2D eigenvalue weighted by Crippen LogP contribution is -2.54. The first-order valence-corrected chi connectivity index (χ1v) is 13.7. The average Bonchev–Trinajstić information content (AvgIpc) is 2.77. The Hall–Kier alpha value is -1.85. The number of aliphatic carboxylic acids is 1. The summed E-state index contributed by atoms with van der Waals surface area (Å²) in [4.78, 5) is 36.2. The number of unbranched alkanes of at least 4 members (excludes halogenated alkanes) is 11. The van der Waals surface area contributed by atoms with Gasteiger partial charge in [0, 0.05) is 6.42 Å². The van der Waals surface area contributed by atoms with Crippen molar-refractivity contribution in [1.82, 2.24) is 10.6 Å². The minimum Gasteiger partial charge on any atom is -0.480 e. The van der Waals surface area contributed by atoms with Crippen LogP contribution in [-0.4, -0.2) is 35.0 Å². The van der Waals surface area contributed by atoms with Crippen molar-refractivity contribution in [3.05, 3.63) is 12.2 Å². The van der Waals surface area contributed by atoms with Crippen molar-refractivity contribution >= 4 is 17.8 Å². The van der Waals surface area contributed by atoms with E-state index in [1.807, 2.05) is 13.8 Å². The standard InChI is InChI=1S/C28H52N2O4/c1-6-7-8-9-10-11-12-13-14-15-16-17-18-19-20-21-24(31)29-25(22(2)3)27(32)30-26(23(4)5)28(33)34/h13-14,22-23,25-26H,6-12,15-21H2,1-5H3,(H,29,31)(H,30,32)(H,33,34)/t25-,26-/m0/s1. The lowest BCUT2D eigenvalue weighted by Gasteiger charge is -2.25. The molecule has 0 rings (SSSR count). The highest BCUT2D eigenvalue weighted by atomic mass is 16.4. The van der Waals surface area contributed by atoms with E-state index in [1.54, 1.807) is 13.8 Å². The predicted octanol–water partition coefficient (Wildman–Crippen LogP) is 6.39. The molecule has 0 spiro atoms. The predicted molar refractivity (Wildman–Crippen MR) is 141 cm³/mol. The van der Waals surface area contributed by atoms with Gasteiger partial charge in [-0.1, -0.05) is 98.1 Å². The van der Waals surface area contributed by atoms with Crippen molar-refractivity contribution in [2.45, 2.75) is 137 Å². The molecule has 2 atom stereocenters. The van der Waals surface area contributed by atoms with E-state index in [2.05, 4.69) is 29.7 Å². The highest BCUT2D eigenvalue weighted by molar-refractivity contribution is 5.90. The average molecular weight is 481 g/mol. The topological polar surface area (TPSA) is 95.5 Å². The maximum atomic E-state index is 12.6. The van der Waals surface area contributed by atoms with Crippen molar-refractivity contribution in [3.63, 3.8) is 0 Å². The number of hydrogen-bond donors (Lipinski definition) is 3. The lowest BCUT2D eigenvalue weighted by molar-refractivity contribution is -0.143. The molecule has 0 heterocycles. The van der Waals surface area contributed by atoms with Gasteiger partial charge in [-0.3, -0.25) is 9.59 Å². The molecule has 6 nitrogen and oxygen atoms in total. The van der Waals surface area contributed by atoms with Crippen LogP contribution in [0.4, 0.5) is 0 Å². The number of carboxylic acid groups (broad SMARTS) is 1. The summed E-state index contributed by atoms with van der Waals surface area (Å²) in [5, 5.41) is 14.7. The molecule has 0 bridgehead atoms. The molecular weight excluding hydrogens is 428 g/mol. The summed E-state index contributed by atoms with van der Waals surface area (Å²) in [6, 6.07) is -1.69. The molecule has 0 aromatic carbocycles. The highest BCUT2D eigenvalue weighted by Crippen LogP contribution is 2.11. The summed E-state index contributed by atoms with van der Waals surface area (Å²) in [5.41, 5.74) is 0. The number of rotatable bonds is 21. The normalized spacial score (nSPS) is 13.4. The van der Waals surface area contributed by atoms with E-state index < -0.39 is 24.0 Å². The summed E-state index contributed by atoms with van der Waals surface area (Å²) in [5.74, 6) is -2.01. The van der Waals surface area contributed by atoms with Gasteiger partial charge in [0.2, 0.25) is 11.8 Å². The maximum Gasteiger partial charge on any atom is 0.326 e. The molecule has 198 valence electrons. The van der Waals surface area contributed by atoms with Crippen LogP contribution in [0.15, 0.2) is 12.2 Å². The van der Waals surface area contributed by atoms with Crippen LogP contribution in [0.2, 0.25) is 0 Å². The Balaban J connectivity index is 3.96. The van der Waals surface area contributed by atoms with E-state index in [-0.39, 0.29) is 17.7 Å². The van der Waals surface area contributed by atoms with Gasteiger partial charge in [0.25, 0.3) is 0 Å². The third-order valence-electron chi connectivity index (χ3n) is 6.16. The molecule has 3 N–H and O–H groups in total. The largest absolute Gasteiger partial charge is 0.480 e. The van der Waals surface area contributed by atoms with Gasteiger partial charge in [-0.2, -0.15) is 0 Å². The molecule has 0 radical (unpaired) electrons. The summed E-state index contributed by atoms with van der Waals surface area (Å²) >= 11 is 0. The molecule has 0 aromatic rings. The third kappa shape index (κ3) is 16.7. The third-order valence-corrected chi connectivity index (χ3v) is 6.16. The van der Waals surface area contributed by atoms with Crippen molar-refractivity contribution < 1.29 is 19.5 Å². The zero-order chi connectivity index (χ0) is 25.8. The van der Waals surface area contributed by atoms with E-state index >= 15 is 0 Å². The second kappa shape index (κ2) is 20.5. The molecular formula is C28H52N2O4. The first-order valence-electron chi connectivity index (χ1n) is 13.7. The quantitative estimate of drug-likeness (QED) is 0.131. The monoisotopic (exact) mass is 480 g/mol. The molecule has 0 aliphatic rings. The van der Waals surface area contributed by atoms with Crippen LogP contribution in [0.1, 0.15) is 125 Å². The molecule has 0 aliphatic heterocycles. The van der Waals surface area contributed by atoms with Crippen molar-refractivity contribution in [3.8, 4) is 0 Å². The number of hydrogen-bond acceptors (Lipinski definition) is 3. The van der Waals surface area contributed by atoms with Gasteiger partial charge in [0.15, 0.2) is 0 Å². The lowest BCUT2D eigenvalue weighted by atomic mass is 10.00. The van der Waals surface area contributed by atoms with Gasteiger partial charge in [0.05, 0.1) is 0 Å². The smallest absolute Gasteiger partial charge is 0.326 e. The fourth-order valence-electron chi connectivity index (χ4n) is 3.89.